The molecule has 2 amide bonds. The van der Waals surface area contributed by atoms with Crippen molar-refractivity contribution < 1.29 is 9.59 Å². The maximum Gasteiger partial charge on any atom is 0.259 e. The molecule has 0 saturated carbocycles. The molecule has 1 aromatic rings. The van der Waals surface area contributed by atoms with E-state index in [-0.39, 0.29) is 17.7 Å². The smallest absolute Gasteiger partial charge is 0.259 e. The maximum absolute atomic E-state index is 11.8. The van der Waals surface area contributed by atoms with Gasteiger partial charge in [-0.05, 0) is 37.3 Å². The second kappa shape index (κ2) is 5.17. The SMILES string of the molecule is CC=CCCC(C)c1cccc2c1C(=O)NC2=O. The Bertz CT molecular complexity index is 517. The van der Waals surface area contributed by atoms with Gasteiger partial charge in [0.2, 0.25) is 0 Å². The zero-order chi connectivity index (χ0) is 13.1. The highest BCUT2D eigenvalue weighted by molar-refractivity contribution is 6.22. The monoisotopic (exact) mass is 243 g/mol. The Kier molecular flexibility index (Phi) is 3.60. The summed E-state index contributed by atoms with van der Waals surface area (Å²) in [5.74, 6) is -0.270. The van der Waals surface area contributed by atoms with Crippen LogP contribution in [-0.4, -0.2) is 11.8 Å². The van der Waals surface area contributed by atoms with Gasteiger partial charge in [-0.25, -0.2) is 0 Å². The van der Waals surface area contributed by atoms with Gasteiger partial charge in [-0.2, -0.15) is 0 Å². The number of fused-ring (bicyclic) bond motifs is 1. The summed E-state index contributed by atoms with van der Waals surface area (Å²) in [6, 6.07) is 5.49. The highest BCUT2D eigenvalue weighted by Crippen LogP contribution is 2.29. The van der Waals surface area contributed by atoms with Crippen LogP contribution in [0.5, 0.6) is 0 Å². The molecule has 0 aliphatic carbocycles. The lowest BCUT2D eigenvalue weighted by atomic mass is 9.90. The molecule has 1 unspecified atom stereocenters. The Hall–Kier alpha value is -1.90. The van der Waals surface area contributed by atoms with Crippen molar-refractivity contribution in [3.63, 3.8) is 0 Å². The highest BCUT2D eigenvalue weighted by atomic mass is 16.2. The molecule has 1 heterocycles. The lowest BCUT2D eigenvalue weighted by molar-refractivity contribution is 0.0879. The summed E-state index contributed by atoms with van der Waals surface area (Å²) >= 11 is 0. The molecule has 3 nitrogen and oxygen atoms in total. The van der Waals surface area contributed by atoms with Gasteiger partial charge in [-0.1, -0.05) is 31.2 Å². The summed E-state index contributed by atoms with van der Waals surface area (Å²) in [4.78, 5) is 23.4. The van der Waals surface area contributed by atoms with Gasteiger partial charge in [0.25, 0.3) is 11.8 Å². The Morgan fingerprint density at radius 1 is 1.28 bits per heavy atom. The number of allylic oxidation sites excluding steroid dienone is 2. The van der Waals surface area contributed by atoms with E-state index in [0.717, 1.165) is 18.4 Å². The molecule has 3 heteroatoms. The predicted molar refractivity (Wildman–Crippen MR) is 70.7 cm³/mol. The molecule has 0 radical (unpaired) electrons. The molecular weight excluding hydrogens is 226 g/mol. The van der Waals surface area contributed by atoms with Crippen LogP contribution in [0.15, 0.2) is 30.4 Å². The standard InChI is InChI=1S/C15H17NO2/c1-3-4-5-7-10(2)11-8-6-9-12-13(11)15(18)16-14(12)17/h3-4,6,8-10H,5,7H2,1-2H3,(H,16,17,18). The van der Waals surface area contributed by atoms with Crippen molar-refractivity contribution in [3.8, 4) is 0 Å². The third-order valence-electron chi connectivity index (χ3n) is 3.33. The van der Waals surface area contributed by atoms with Gasteiger partial charge in [-0.3, -0.25) is 14.9 Å². The lowest BCUT2D eigenvalue weighted by Gasteiger charge is -2.13. The van der Waals surface area contributed by atoms with Gasteiger partial charge < -0.3 is 0 Å². The van der Waals surface area contributed by atoms with Crippen LogP contribution >= 0.6 is 0 Å². The minimum Gasteiger partial charge on any atom is -0.288 e. The Balaban J connectivity index is 2.29. The molecular formula is C15H17NO2. The summed E-state index contributed by atoms with van der Waals surface area (Å²) in [5.41, 5.74) is 2.05. The topological polar surface area (TPSA) is 46.2 Å². The molecule has 18 heavy (non-hydrogen) atoms. The van der Waals surface area contributed by atoms with Crippen molar-refractivity contribution in [2.24, 2.45) is 0 Å². The fraction of sp³-hybridized carbons (Fsp3) is 0.333. The number of imide groups is 1. The van der Waals surface area contributed by atoms with Crippen LogP contribution in [-0.2, 0) is 0 Å². The molecule has 0 fully saturated rings. The lowest BCUT2D eigenvalue weighted by Crippen LogP contribution is -2.20. The van der Waals surface area contributed by atoms with Crippen LogP contribution in [0, 0.1) is 0 Å². The van der Waals surface area contributed by atoms with E-state index in [0.29, 0.717) is 11.1 Å². The van der Waals surface area contributed by atoms with Crippen LogP contribution in [0.3, 0.4) is 0 Å². The van der Waals surface area contributed by atoms with E-state index in [1.54, 1.807) is 6.07 Å². The zero-order valence-corrected chi connectivity index (χ0v) is 10.7. The molecule has 2 rings (SSSR count). The number of hydrogen-bond acceptors (Lipinski definition) is 2. The molecule has 1 N–H and O–H groups in total. The van der Waals surface area contributed by atoms with E-state index in [9.17, 15) is 9.59 Å². The maximum atomic E-state index is 11.8. The molecule has 1 aliphatic heterocycles. The first-order valence-electron chi connectivity index (χ1n) is 6.25. The van der Waals surface area contributed by atoms with Crippen LogP contribution in [0.25, 0.3) is 0 Å². The van der Waals surface area contributed by atoms with Crippen molar-refractivity contribution in [2.75, 3.05) is 0 Å². The average Bonchev–Trinajstić information content (AvgIpc) is 2.65. The highest BCUT2D eigenvalue weighted by Gasteiger charge is 2.30. The molecule has 1 aliphatic rings. The van der Waals surface area contributed by atoms with Crippen LogP contribution in [0.1, 0.15) is 58.9 Å². The third-order valence-corrected chi connectivity index (χ3v) is 3.33. The van der Waals surface area contributed by atoms with E-state index in [2.05, 4.69) is 18.3 Å². The molecule has 94 valence electrons. The van der Waals surface area contributed by atoms with E-state index in [4.69, 9.17) is 0 Å². The van der Waals surface area contributed by atoms with E-state index >= 15 is 0 Å². The van der Waals surface area contributed by atoms with Gasteiger partial charge in [0.05, 0.1) is 11.1 Å². The number of hydrogen-bond donors (Lipinski definition) is 1. The van der Waals surface area contributed by atoms with Gasteiger partial charge >= 0.3 is 0 Å². The number of amides is 2. The first-order valence-corrected chi connectivity index (χ1v) is 6.25. The van der Waals surface area contributed by atoms with Crippen LogP contribution < -0.4 is 5.32 Å². The summed E-state index contributed by atoms with van der Waals surface area (Å²) < 4.78 is 0. The normalized spacial score (nSPS) is 15.9. The Labute approximate surface area is 107 Å². The number of carbonyl (C=O) groups excluding carboxylic acids is 2. The largest absolute Gasteiger partial charge is 0.288 e. The number of carbonyl (C=O) groups is 2. The van der Waals surface area contributed by atoms with Crippen molar-refractivity contribution in [2.45, 2.75) is 32.6 Å². The molecule has 0 spiro atoms. The predicted octanol–water partition coefficient (Wildman–Crippen LogP) is 3.03. The molecule has 1 atom stereocenters. The van der Waals surface area contributed by atoms with Gasteiger partial charge in [-0.15, -0.1) is 0 Å². The second-order valence-corrected chi connectivity index (χ2v) is 4.60. The van der Waals surface area contributed by atoms with Crippen molar-refractivity contribution in [3.05, 3.63) is 47.0 Å². The first kappa shape index (κ1) is 12.6. The van der Waals surface area contributed by atoms with Gasteiger partial charge in [0, 0.05) is 0 Å². The average molecular weight is 243 g/mol. The Morgan fingerprint density at radius 2 is 2.06 bits per heavy atom. The summed E-state index contributed by atoms with van der Waals surface area (Å²) in [5, 5.41) is 2.35. The van der Waals surface area contributed by atoms with E-state index in [1.165, 1.54) is 0 Å². The van der Waals surface area contributed by atoms with E-state index < -0.39 is 0 Å². The Morgan fingerprint density at radius 3 is 2.78 bits per heavy atom. The zero-order valence-electron chi connectivity index (χ0n) is 10.7. The second-order valence-electron chi connectivity index (χ2n) is 4.60. The van der Waals surface area contributed by atoms with E-state index in [1.807, 2.05) is 25.1 Å². The first-order chi connectivity index (χ1) is 8.65. The molecule has 0 bridgehead atoms. The van der Waals surface area contributed by atoms with Crippen LogP contribution in [0.2, 0.25) is 0 Å². The third kappa shape index (κ3) is 2.21. The quantitative estimate of drug-likeness (QED) is 0.652. The summed E-state index contributed by atoms with van der Waals surface area (Å²) in [7, 11) is 0. The van der Waals surface area contributed by atoms with Crippen molar-refractivity contribution >= 4 is 11.8 Å². The van der Waals surface area contributed by atoms with Crippen molar-refractivity contribution in [1.82, 2.24) is 5.32 Å². The summed E-state index contributed by atoms with van der Waals surface area (Å²) in [6.07, 6.45) is 6.10. The fourth-order valence-corrected chi connectivity index (χ4v) is 2.32. The minimum absolute atomic E-state index is 0.261. The van der Waals surface area contributed by atoms with Gasteiger partial charge in [0.1, 0.15) is 0 Å². The number of rotatable bonds is 4. The molecule has 1 aromatic carbocycles. The number of benzene rings is 1. The van der Waals surface area contributed by atoms with Gasteiger partial charge in [0.15, 0.2) is 0 Å². The number of nitrogens with one attached hydrogen (secondary N) is 1. The minimum atomic E-state index is -0.280. The fourth-order valence-electron chi connectivity index (χ4n) is 2.32. The van der Waals surface area contributed by atoms with Crippen molar-refractivity contribution in [1.29, 1.82) is 0 Å². The molecule has 0 saturated heterocycles. The van der Waals surface area contributed by atoms with Crippen LogP contribution in [0.4, 0.5) is 0 Å². The summed E-state index contributed by atoms with van der Waals surface area (Å²) in [6.45, 7) is 4.09. The molecule has 0 aromatic heterocycles.